The Morgan fingerprint density at radius 2 is 1.14 bits per heavy atom. The second-order valence-electron chi connectivity index (χ2n) is 6.53. The van der Waals surface area contributed by atoms with Crippen molar-refractivity contribution >= 4 is 11.9 Å². The van der Waals surface area contributed by atoms with Crippen molar-refractivity contribution in [2.75, 3.05) is 0 Å². The number of carboxylic acid groups (broad SMARTS) is 2. The normalized spacial score (nSPS) is 13.8. The van der Waals surface area contributed by atoms with E-state index < -0.39 is 24.1 Å². The van der Waals surface area contributed by atoms with E-state index in [1.165, 1.54) is 0 Å². The van der Waals surface area contributed by atoms with Crippen LogP contribution in [0.4, 0.5) is 0 Å². The maximum atomic E-state index is 10.2. The highest BCUT2D eigenvalue weighted by molar-refractivity contribution is 5.87. The second-order valence-corrected chi connectivity index (χ2v) is 6.53. The Bertz CT molecular complexity index is 678. The zero-order valence-corrected chi connectivity index (χ0v) is 17.0. The molecule has 29 heavy (non-hydrogen) atoms. The van der Waals surface area contributed by atoms with Gasteiger partial charge in [0.05, 0.1) is 23.3 Å². The Balaban J connectivity index is 0.000000408. The fourth-order valence-corrected chi connectivity index (χ4v) is 2.07. The number of carbonyl (C=O) groups is 2. The zero-order valence-electron chi connectivity index (χ0n) is 17.0. The minimum atomic E-state index is -0.879. The molecule has 158 valence electrons. The van der Waals surface area contributed by atoms with Crippen LogP contribution in [0.1, 0.15) is 41.5 Å². The van der Waals surface area contributed by atoms with Crippen LogP contribution in [0.25, 0.3) is 0 Å². The molecule has 0 heterocycles. The van der Waals surface area contributed by atoms with Gasteiger partial charge in [-0.3, -0.25) is 0 Å². The van der Waals surface area contributed by atoms with Gasteiger partial charge in [0.2, 0.25) is 0 Å². The molecule has 0 aliphatic carbocycles. The van der Waals surface area contributed by atoms with E-state index in [1.807, 2.05) is 13.8 Å². The van der Waals surface area contributed by atoms with Gasteiger partial charge >= 0.3 is 11.9 Å². The summed E-state index contributed by atoms with van der Waals surface area (Å²) < 4.78 is 0. The van der Waals surface area contributed by atoms with Gasteiger partial charge in [-0.15, -0.1) is 6.58 Å². The number of carboxylic acids is 2. The lowest BCUT2D eigenvalue weighted by atomic mass is 9.90. The van der Waals surface area contributed by atoms with Crippen molar-refractivity contribution in [1.82, 2.24) is 0 Å². The predicted octanol–water partition coefficient (Wildman–Crippen LogP) is 3.96. The van der Waals surface area contributed by atoms with Crippen molar-refractivity contribution in [1.29, 1.82) is 0 Å². The molecule has 0 amide bonds. The second kappa shape index (κ2) is 14.1. The van der Waals surface area contributed by atoms with Crippen LogP contribution in [0.3, 0.4) is 0 Å². The molecule has 0 bridgehead atoms. The third kappa shape index (κ3) is 10.8. The van der Waals surface area contributed by atoms with E-state index in [9.17, 15) is 14.7 Å². The van der Waals surface area contributed by atoms with E-state index in [0.717, 1.165) is 0 Å². The highest BCUT2D eigenvalue weighted by Gasteiger charge is 2.22. The van der Waals surface area contributed by atoms with Gasteiger partial charge in [0.25, 0.3) is 0 Å². The minimum Gasteiger partial charge on any atom is -0.478 e. The first-order valence-corrected chi connectivity index (χ1v) is 9.17. The molecule has 4 atom stereocenters. The van der Waals surface area contributed by atoms with Gasteiger partial charge in [-0.2, -0.15) is 0 Å². The molecule has 6 nitrogen and oxygen atoms in total. The van der Waals surface area contributed by atoms with Crippen molar-refractivity contribution in [3.8, 4) is 0 Å². The Morgan fingerprint density at radius 3 is 1.34 bits per heavy atom. The summed E-state index contributed by atoms with van der Waals surface area (Å²) in [7, 11) is 0. The van der Waals surface area contributed by atoms with Crippen molar-refractivity contribution in [3.63, 3.8) is 0 Å². The highest BCUT2D eigenvalue weighted by Crippen LogP contribution is 2.16. The lowest BCUT2D eigenvalue weighted by Gasteiger charge is -2.24. The molecular formula is C23H30O6. The topological polar surface area (TPSA) is 115 Å². The maximum Gasteiger partial charge on any atom is 0.335 e. The highest BCUT2D eigenvalue weighted by atomic mass is 16.4. The van der Waals surface area contributed by atoms with Crippen molar-refractivity contribution in [2.45, 2.75) is 33.0 Å². The first-order valence-electron chi connectivity index (χ1n) is 9.17. The van der Waals surface area contributed by atoms with Crippen LogP contribution in [-0.4, -0.2) is 44.6 Å². The lowest BCUT2D eigenvalue weighted by molar-refractivity contribution is 0.0125. The smallest absolute Gasteiger partial charge is 0.335 e. The third-order valence-corrected chi connectivity index (χ3v) is 4.25. The van der Waals surface area contributed by atoms with E-state index in [1.54, 1.807) is 73.7 Å². The van der Waals surface area contributed by atoms with Crippen LogP contribution >= 0.6 is 0 Å². The molecule has 0 fully saturated rings. The molecule has 0 aliphatic heterocycles. The van der Waals surface area contributed by atoms with Crippen LogP contribution in [0.2, 0.25) is 0 Å². The summed E-state index contributed by atoms with van der Waals surface area (Å²) >= 11 is 0. The summed E-state index contributed by atoms with van der Waals surface area (Å²) in [5.41, 5.74) is 0.662. The fraction of sp³-hybridized carbons (Fsp3) is 0.304. The Labute approximate surface area is 171 Å². The van der Waals surface area contributed by atoms with Crippen molar-refractivity contribution in [2.24, 2.45) is 11.8 Å². The van der Waals surface area contributed by atoms with Crippen LogP contribution in [0.15, 0.2) is 73.3 Å². The average molecular weight is 402 g/mol. The van der Waals surface area contributed by atoms with Crippen molar-refractivity contribution in [3.05, 3.63) is 84.4 Å². The fourth-order valence-electron chi connectivity index (χ4n) is 2.07. The molecule has 0 saturated carbocycles. The predicted molar refractivity (Wildman–Crippen MR) is 113 cm³/mol. The number of rotatable bonds is 6. The van der Waals surface area contributed by atoms with Gasteiger partial charge in [0, 0.05) is 11.8 Å². The molecule has 4 unspecified atom stereocenters. The van der Waals surface area contributed by atoms with Crippen LogP contribution < -0.4 is 0 Å². The summed E-state index contributed by atoms with van der Waals surface area (Å²) in [6.07, 6.45) is 0.740. The number of hydrogen-bond donors (Lipinski definition) is 4. The molecular weight excluding hydrogens is 372 g/mol. The van der Waals surface area contributed by atoms with Gasteiger partial charge in [-0.25, -0.2) is 9.59 Å². The monoisotopic (exact) mass is 402 g/mol. The van der Waals surface area contributed by atoms with Gasteiger partial charge in [-0.1, -0.05) is 56.3 Å². The largest absolute Gasteiger partial charge is 0.478 e. The molecule has 2 aromatic rings. The standard InChI is InChI=1S/C9H18O2.2C7H6O2/c1-5-6(2)9(11)7(3)8(4)10;2*8-7(9)6-4-2-1-3-5-6/h5-11H,1H2,2-4H3;2*1-5H,(H,8,9). The van der Waals surface area contributed by atoms with Crippen LogP contribution in [0.5, 0.6) is 0 Å². The Morgan fingerprint density at radius 1 is 0.793 bits per heavy atom. The van der Waals surface area contributed by atoms with Gasteiger partial charge < -0.3 is 20.4 Å². The molecule has 0 aromatic heterocycles. The number of aliphatic hydroxyl groups is 2. The number of aliphatic hydroxyl groups excluding tert-OH is 2. The van der Waals surface area contributed by atoms with Crippen LogP contribution in [-0.2, 0) is 0 Å². The van der Waals surface area contributed by atoms with Gasteiger partial charge in [-0.05, 0) is 31.2 Å². The number of benzene rings is 2. The zero-order chi connectivity index (χ0) is 22.4. The van der Waals surface area contributed by atoms with E-state index >= 15 is 0 Å². The lowest BCUT2D eigenvalue weighted by Crippen LogP contribution is -2.31. The third-order valence-electron chi connectivity index (χ3n) is 4.25. The summed E-state index contributed by atoms with van der Waals surface area (Å²) in [6, 6.07) is 16.6. The van der Waals surface area contributed by atoms with E-state index in [-0.39, 0.29) is 11.8 Å². The first kappa shape index (κ1) is 26.0. The van der Waals surface area contributed by atoms with E-state index in [2.05, 4.69) is 6.58 Å². The summed E-state index contributed by atoms with van der Waals surface area (Å²) in [4.78, 5) is 20.4. The molecule has 6 heteroatoms. The molecule has 4 N–H and O–H groups in total. The maximum absolute atomic E-state index is 10.2. The summed E-state index contributed by atoms with van der Waals surface area (Å²) in [6.45, 7) is 8.98. The molecule has 0 radical (unpaired) electrons. The molecule has 0 saturated heterocycles. The van der Waals surface area contributed by atoms with Gasteiger partial charge in [0.1, 0.15) is 0 Å². The molecule has 2 rings (SSSR count). The van der Waals surface area contributed by atoms with Crippen molar-refractivity contribution < 1.29 is 30.0 Å². The van der Waals surface area contributed by atoms with Crippen LogP contribution in [0, 0.1) is 11.8 Å². The number of hydrogen-bond acceptors (Lipinski definition) is 4. The summed E-state index contributed by atoms with van der Waals surface area (Å²) in [5.74, 6) is -1.81. The quantitative estimate of drug-likeness (QED) is 0.544. The SMILES string of the molecule is C=CC(C)C(O)C(C)C(C)O.O=C(O)c1ccccc1.O=C(O)c1ccccc1. The summed E-state index contributed by atoms with van der Waals surface area (Å²) in [5, 5.41) is 35.4. The number of aromatic carboxylic acids is 2. The molecule has 0 aliphatic rings. The first-order chi connectivity index (χ1) is 13.6. The molecule has 0 spiro atoms. The van der Waals surface area contributed by atoms with E-state index in [4.69, 9.17) is 15.3 Å². The molecule has 2 aromatic carbocycles. The minimum absolute atomic E-state index is 0.0413. The van der Waals surface area contributed by atoms with E-state index in [0.29, 0.717) is 11.1 Å². The Hall–Kier alpha value is -2.96. The Kier molecular flexibility index (Phi) is 12.7. The van der Waals surface area contributed by atoms with Gasteiger partial charge in [0.15, 0.2) is 0 Å². The average Bonchev–Trinajstić information content (AvgIpc) is 2.74.